The molecule has 0 radical (unpaired) electrons. The fourth-order valence-corrected chi connectivity index (χ4v) is 1.33. The number of hydrogen-bond donors (Lipinski definition) is 1. The second-order valence-electron chi connectivity index (χ2n) is 3.02. The van der Waals surface area contributed by atoms with Gasteiger partial charge in [-0.1, -0.05) is 6.08 Å². The van der Waals surface area contributed by atoms with Crippen LogP contribution in [-0.4, -0.2) is 18.3 Å². The number of amides is 1. The highest BCUT2D eigenvalue weighted by Gasteiger charge is 2.15. The lowest BCUT2D eigenvalue weighted by Crippen LogP contribution is -2.16. The van der Waals surface area contributed by atoms with E-state index in [9.17, 15) is 4.79 Å². The molecule has 2 rings (SSSR count). The molecule has 0 aromatic heterocycles. The summed E-state index contributed by atoms with van der Waals surface area (Å²) < 4.78 is 0. The second kappa shape index (κ2) is 3.41. The number of hydrogen-bond acceptors (Lipinski definition) is 3. The molecule has 0 spiro atoms. The van der Waals surface area contributed by atoms with Gasteiger partial charge < -0.3 is 5.73 Å². The molecule has 0 unspecified atom stereocenters. The molecule has 1 amide bonds. The van der Waals surface area contributed by atoms with Gasteiger partial charge in [0.25, 0.3) is 0 Å². The van der Waals surface area contributed by atoms with Crippen molar-refractivity contribution < 1.29 is 4.79 Å². The highest BCUT2D eigenvalue weighted by atomic mass is 16.1. The summed E-state index contributed by atoms with van der Waals surface area (Å²) in [4.78, 5) is 19.1. The van der Waals surface area contributed by atoms with Crippen LogP contribution >= 0.6 is 0 Å². The van der Waals surface area contributed by atoms with Crippen LogP contribution in [0.3, 0.4) is 0 Å². The fourth-order valence-electron chi connectivity index (χ4n) is 1.33. The molecule has 0 aromatic rings. The number of carbonyl (C=O) groups is 1. The van der Waals surface area contributed by atoms with Crippen LogP contribution in [-0.2, 0) is 4.79 Å². The number of nitrogens with two attached hydrogens (primary N) is 1. The van der Waals surface area contributed by atoms with Crippen LogP contribution in [0.5, 0.6) is 0 Å². The maximum atomic E-state index is 10.9. The number of rotatable bonds is 1. The van der Waals surface area contributed by atoms with E-state index >= 15 is 0 Å². The lowest BCUT2D eigenvalue weighted by Gasteiger charge is -2.11. The van der Waals surface area contributed by atoms with Crippen molar-refractivity contribution in [1.29, 1.82) is 0 Å². The molecule has 0 bridgehead atoms. The van der Waals surface area contributed by atoms with Crippen LogP contribution in [0.2, 0.25) is 0 Å². The van der Waals surface area contributed by atoms with E-state index in [0.717, 1.165) is 11.3 Å². The summed E-state index contributed by atoms with van der Waals surface area (Å²) in [5, 5.41) is 0. The molecule has 1 heterocycles. The van der Waals surface area contributed by atoms with Crippen molar-refractivity contribution in [3.8, 4) is 0 Å². The zero-order valence-electron chi connectivity index (χ0n) is 7.47. The van der Waals surface area contributed by atoms with Gasteiger partial charge in [0.15, 0.2) is 0 Å². The normalized spacial score (nSPS) is 19.0. The fraction of sp³-hybridized carbons (Fsp3) is 0.100. The Bertz CT molecular complexity index is 425. The molecule has 2 N–H and O–H groups in total. The minimum atomic E-state index is -0.390. The van der Waals surface area contributed by atoms with Crippen LogP contribution in [0.1, 0.15) is 6.42 Å². The van der Waals surface area contributed by atoms with Crippen molar-refractivity contribution in [2.24, 2.45) is 15.7 Å². The van der Waals surface area contributed by atoms with Crippen molar-refractivity contribution in [3.05, 3.63) is 35.2 Å². The molecule has 70 valence electrons. The SMILES string of the molecule is NC(=O)C1=CC=C2N=CC=NC=C2C1. The highest BCUT2D eigenvalue weighted by molar-refractivity contribution is 6.17. The molecular formula is C10H9N3O. The zero-order chi connectivity index (χ0) is 9.97. The van der Waals surface area contributed by atoms with Crippen LogP contribution < -0.4 is 5.73 Å². The van der Waals surface area contributed by atoms with Crippen molar-refractivity contribution >= 4 is 18.3 Å². The lowest BCUT2D eigenvalue weighted by atomic mass is 9.97. The predicted molar refractivity (Wildman–Crippen MR) is 55.0 cm³/mol. The van der Waals surface area contributed by atoms with E-state index < -0.39 is 5.91 Å². The first-order valence-corrected chi connectivity index (χ1v) is 4.23. The Balaban J connectivity index is 2.38. The van der Waals surface area contributed by atoms with E-state index in [-0.39, 0.29) is 0 Å². The van der Waals surface area contributed by atoms with Gasteiger partial charge >= 0.3 is 0 Å². The Morgan fingerprint density at radius 2 is 2.21 bits per heavy atom. The molecule has 0 saturated carbocycles. The molecule has 4 heteroatoms. The number of allylic oxidation sites excluding steroid dienone is 3. The van der Waals surface area contributed by atoms with E-state index in [1.165, 1.54) is 0 Å². The molecule has 1 aliphatic carbocycles. The van der Waals surface area contributed by atoms with Crippen molar-refractivity contribution in [2.45, 2.75) is 6.42 Å². The van der Waals surface area contributed by atoms with Gasteiger partial charge in [-0.15, -0.1) is 0 Å². The smallest absolute Gasteiger partial charge is 0.244 e. The monoisotopic (exact) mass is 187 g/mol. The second-order valence-corrected chi connectivity index (χ2v) is 3.02. The Labute approximate surface area is 81.2 Å². The van der Waals surface area contributed by atoms with Crippen LogP contribution in [0.25, 0.3) is 0 Å². The average Bonchev–Trinajstić information content (AvgIpc) is 2.41. The topological polar surface area (TPSA) is 67.8 Å². The third-order valence-electron chi connectivity index (χ3n) is 2.07. The van der Waals surface area contributed by atoms with Gasteiger partial charge in [0.05, 0.1) is 5.70 Å². The highest BCUT2D eigenvalue weighted by Crippen LogP contribution is 2.25. The van der Waals surface area contributed by atoms with Gasteiger partial charge in [-0.3, -0.25) is 14.8 Å². The van der Waals surface area contributed by atoms with E-state index in [2.05, 4.69) is 9.98 Å². The quantitative estimate of drug-likeness (QED) is 0.645. The summed E-state index contributed by atoms with van der Waals surface area (Å²) in [6.07, 6.45) is 8.93. The van der Waals surface area contributed by atoms with Crippen molar-refractivity contribution in [1.82, 2.24) is 0 Å². The minimum Gasteiger partial charge on any atom is -0.366 e. The Morgan fingerprint density at radius 3 is 3.00 bits per heavy atom. The summed E-state index contributed by atoms with van der Waals surface area (Å²) in [6.45, 7) is 0. The number of aliphatic imine (C=N–C) groups is 2. The molecule has 1 aliphatic heterocycles. The molecule has 0 aromatic carbocycles. The van der Waals surface area contributed by atoms with Gasteiger partial charge in [-0.05, 0) is 6.08 Å². The van der Waals surface area contributed by atoms with Gasteiger partial charge in [0.1, 0.15) is 0 Å². The molecule has 14 heavy (non-hydrogen) atoms. The van der Waals surface area contributed by atoms with Gasteiger partial charge in [-0.2, -0.15) is 0 Å². The molecule has 0 saturated heterocycles. The number of nitrogens with zero attached hydrogens (tertiary/aromatic N) is 2. The van der Waals surface area contributed by atoms with E-state index in [1.54, 1.807) is 30.8 Å². The molecular weight excluding hydrogens is 178 g/mol. The van der Waals surface area contributed by atoms with Gasteiger partial charge in [-0.25, -0.2) is 0 Å². The number of fused-ring (bicyclic) bond motifs is 1. The Kier molecular flexibility index (Phi) is 2.10. The number of carbonyl (C=O) groups excluding carboxylic acids is 1. The lowest BCUT2D eigenvalue weighted by molar-refractivity contribution is -0.114. The van der Waals surface area contributed by atoms with Gasteiger partial charge in [0.2, 0.25) is 5.91 Å². The Hall–Kier alpha value is -1.97. The number of primary amides is 1. The summed E-state index contributed by atoms with van der Waals surface area (Å²) in [7, 11) is 0. The van der Waals surface area contributed by atoms with Crippen molar-refractivity contribution in [2.75, 3.05) is 0 Å². The predicted octanol–water partition coefficient (Wildman–Crippen LogP) is 0.725. The molecule has 0 atom stereocenters. The third kappa shape index (κ3) is 1.54. The zero-order valence-corrected chi connectivity index (χ0v) is 7.47. The summed E-state index contributed by atoms with van der Waals surface area (Å²) >= 11 is 0. The molecule has 0 fully saturated rings. The summed E-state index contributed by atoms with van der Waals surface area (Å²) in [6, 6.07) is 0. The summed E-state index contributed by atoms with van der Waals surface area (Å²) in [5.41, 5.74) is 7.54. The van der Waals surface area contributed by atoms with Crippen LogP contribution in [0, 0.1) is 0 Å². The van der Waals surface area contributed by atoms with Crippen LogP contribution in [0.15, 0.2) is 45.2 Å². The summed E-state index contributed by atoms with van der Waals surface area (Å²) in [5.74, 6) is -0.390. The van der Waals surface area contributed by atoms with Crippen molar-refractivity contribution in [3.63, 3.8) is 0 Å². The van der Waals surface area contributed by atoms with Crippen LogP contribution in [0.4, 0.5) is 0 Å². The third-order valence-corrected chi connectivity index (χ3v) is 2.07. The minimum absolute atomic E-state index is 0.390. The maximum absolute atomic E-state index is 10.9. The first-order valence-electron chi connectivity index (χ1n) is 4.23. The van der Waals surface area contributed by atoms with E-state index in [0.29, 0.717) is 12.0 Å². The molecule has 4 nitrogen and oxygen atoms in total. The van der Waals surface area contributed by atoms with E-state index in [4.69, 9.17) is 5.73 Å². The average molecular weight is 187 g/mol. The first kappa shape index (κ1) is 8.62. The van der Waals surface area contributed by atoms with Gasteiger partial charge in [0, 0.05) is 36.2 Å². The largest absolute Gasteiger partial charge is 0.366 e. The maximum Gasteiger partial charge on any atom is 0.244 e. The first-order chi connectivity index (χ1) is 6.77. The standard InChI is InChI=1S/C10H9N3O/c11-10(14)7-1-2-9-8(5-7)6-12-3-4-13-9/h1-4,6H,5H2,(H2,11,14). The van der Waals surface area contributed by atoms with E-state index in [1.807, 2.05) is 0 Å². The Morgan fingerprint density at radius 1 is 1.36 bits per heavy atom. The molecule has 2 aliphatic rings.